The molecule has 0 aliphatic rings. The van der Waals surface area contributed by atoms with Gasteiger partial charge in [-0.3, -0.25) is 0 Å². The van der Waals surface area contributed by atoms with Crippen LogP contribution in [0, 0.1) is 0 Å². The Kier molecular flexibility index (Phi) is 51.9. The topological polar surface area (TPSA) is 20.2 Å². The van der Waals surface area contributed by atoms with E-state index in [2.05, 4.69) is 13.8 Å². The molecule has 0 saturated carbocycles. The van der Waals surface area contributed by atoms with Crippen molar-refractivity contribution in [2.24, 2.45) is 0 Å². The monoisotopic (exact) mass is 775 g/mol. The van der Waals surface area contributed by atoms with Crippen LogP contribution in [0.2, 0.25) is 0 Å². The summed E-state index contributed by atoms with van der Waals surface area (Å²) in [6.45, 7) is 4.62. The van der Waals surface area contributed by atoms with Crippen LogP contribution in [0.15, 0.2) is 0 Å². The number of aliphatic hydroxyl groups excluding tert-OH is 1. The SMILES string of the molecule is CCCCCCCCCCCCCCCCCCCCCCCCCCCC(O)CCCCCCCCCCCCCCCCCCCCCCCCCC. The molecule has 0 aliphatic carbocycles. The van der Waals surface area contributed by atoms with Gasteiger partial charge >= 0.3 is 0 Å². The number of rotatable bonds is 51. The molecule has 332 valence electrons. The van der Waals surface area contributed by atoms with Crippen molar-refractivity contribution in [2.75, 3.05) is 0 Å². The first-order chi connectivity index (χ1) is 27.3. The zero-order valence-corrected chi connectivity index (χ0v) is 39.1. The molecule has 1 atom stereocenters. The van der Waals surface area contributed by atoms with E-state index in [-0.39, 0.29) is 6.10 Å². The molecule has 0 aromatic carbocycles. The Morgan fingerprint density at radius 2 is 0.291 bits per heavy atom. The molecular weight excluding hydrogens is 665 g/mol. The predicted molar refractivity (Wildman–Crippen MR) is 253 cm³/mol. The van der Waals surface area contributed by atoms with Crippen LogP contribution in [0.4, 0.5) is 0 Å². The molecule has 0 spiro atoms. The molecule has 1 heteroatoms. The minimum Gasteiger partial charge on any atom is -0.393 e. The van der Waals surface area contributed by atoms with Crippen LogP contribution in [0.1, 0.15) is 341 Å². The lowest BCUT2D eigenvalue weighted by Crippen LogP contribution is -2.05. The first-order valence-corrected chi connectivity index (χ1v) is 27.0. The third kappa shape index (κ3) is 51.9. The second kappa shape index (κ2) is 52.0. The Morgan fingerprint density at radius 1 is 0.182 bits per heavy atom. The normalized spacial score (nSPS) is 12.3. The van der Waals surface area contributed by atoms with Gasteiger partial charge in [-0.1, -0.05) is 328 Å². The minimum absolute atomic E-state index is 0.0377. The smallest absolute Gasteiger partial charge is 0.0540 e. The second-order valence-electron chi connectivity index (χ2n) is 18.8. The quantitative estimate of drug-likeness (QED) is 0.0610. The Balaban J connectivity index is 3.14. The van der Waals surface area contributed by atoms with Crippen molar-refractivity contribution in [2.45, 2.75) is 347 Å². The van der Waals surface area contributed by atoms with E-state index in [1.165, 1.54) is 315 Å². The third-order valence-corrected chi connectivity index (χ3v) is 13.0. The largest absolute Gasteiger partial charge is 0.393 e. The zero-order chi connectivity index (χ0) is 39.6. The first-order valence-electron chi connectivity index (χ1n) is 27.0. The highest BCUT2D eigenvalue weighted by molar-refractivity contribution is 4.59. The summed E-state index contributed by atoms with van der Waals surface area (Å²) in [5.74, 6) is 0. The highest BCUT2D eigenvalue weighted by Crippen LogP contribution is 2.19. The standard InChI is InChI=1S/C54H110O/c1-3-5-7-9-11-13-15-17-19-21-23-25-27-29-31-33-35-37-39-41-43-45-47-49-51-53-54(55)52-50-48-46-44-42-40-38-36-34-32-30-28-26-24-22-20-18-16-14-12-10-8-6-4-2/h54-55H,3-53H2,1-2H3. The molecule has 0 heterocycles. The fourth-order valence-electron chi connectivity index (χ4n) is 9.01. The van der Waals surface area contributed by atoms with Gasteiger partial charge < -0.3 is 5.11 Å². The van der Waals surface area contributed by atoms with Crippen LogP contribution in [0.25, 0.3) is 0 Å². The van der Waals surface area contributed by atoms with Gasteiger partial charge in [-0.15, -0.1) is 0 Å². The van der Waals surface area contributed by atoms with Gasteiger partial charge in [-0.25, -0.2) is 0 Å². The summed E-state index contributed by atoms with van der Waals surface area (Å²) in [7, 11) is 0. The van der Waals surface area contributed by atoms with Gasteiger partial charge in [-0.2, -0.15) is 0 Å². The maximum atomic E-state index is 10.4. The van der Waals surface area contributed by atoms with E-state index in [0.717, 1.165) is 12.8 Å². The fraction of sp³-hybridized carbons (Fsp3) is 1.00. The van der Waals surface area contributed by atoms with Gasteiger partial charge in [0.05, 0.1) is 6.10 Å². The molecule has 1 N–H and O–H groups in total. The van der Waals surface area contributed by atoms with Gasteiger partial charge in [-0.05, 0) is 12.8 Å². The van der Waals surface area contributed by atoms with Crippen molar-refractivity contribution in [3.63, 3.8) is 0 Å². The van der Waals surface area contributed by atoms with Gasteiger partial charge in [0.15, 0.2) is 0 Å². The Morgan fingerprint density at radius 3 is 0.418 bits per heavy atom. The minimum atomic E-state index is -0.0377. The zero-order valence-electron chi connectivity index (χ0n) is 39.1. The molecule has 0 radical (unpaired) electrons. The number of aliphatic hydroxyl groups is 1. The van der Waals surface area contributed by atoms with E-state index in [1.807, 2.05) is 0 Å². The highest BCUT2D eigenvalue weighted by Gasteiger charge is 2.04. The summed E-state index contributed by atoms with van der Waals surface area (Å²) in [6.07, 6.45) is 72.8. The van der Waals surface area contributed by atoms with Crippen molar-refractivity contribution in [1.82, 2.24) is 0 Å². The summed E-state index contributed by atoms with van der Waals surface area (Å²) in [6, 6.07) is 0. The van der Waals surface area contributed by atoms with Crippen LogP contribution >= 0.6 is 0 Å². The maximum absolute atomic E-state index is 10.4. The van der Waals surface area contributed by atoms with Crippen LogP contribution in [0.5, 0.6) is 0 Å². The van der Waals surface area contributed by atoms with Crippen molar-refractivity contribution < 1.29 is 5.11 Å². The van der Waals surface area contributed by atoms with E-state index in [9.17, 15) is 5.11 Å². The van der Waals surface area contributed by atoms with Gasteiger partial charge in [0.2, 0.25) is 0 Å². The second-order valence-corrected chi connectivity index (χ2v) is 18.8. The molecule has 0 fully saturated rings. The Hall–Kier alpha value is -0.0400. The molecule has 1 nitrogen and oxygen atoms in total. The van der Waals surface area contributed by atoms with Gasteiger partial charge in [0.1, 0.15) is 0 Å². The molecule has 0 rings (SSSR count). The molecule has 0 aromatic rings. The lowest BCUT2D eigenvalue weighted by atomic mass is 10.0. The predicted octanol–water partition coefficient (Wildman–Crippen LogP) is 20.3. The molecule has 0 aromatic heterocycles. The maximum Gasteiger partial charge on any atom is 0.0540 e. The van der Waals surface area contributed by atoms with Crippen LogP contribution in [-0.4, -0.2) is 11.2 Å². The fourth-order valence-corrected chi connectivity index (χ4v) is 9.01. The highest BCUT2D eigenvalue weighted by atomic mass is 16.3. The molecule has 55 heavy (non-hydrogen) atoms. The summed E-state index contributed by atoms with van der Waals surface area (Å²) in [4.78, 5) is 0. The van der Waals surface area contributed by atoms with Crippen LogP contribution in [0.3, 0.4) is 0 Å². The van der Waals surface area contributed by atoms with Crippen LogP contribution in [-0.2, 0) is 0 Å². The Bertz CT molecular complexity index is 629. The summed E-state index contributed by atoms with van der Waals surface area (Å²) >= 11 is 0. The average Bonchev–Trinajstić information content (AvgIpc) is 3.19. The summed E-state index contributed by atoms with van der Waals surface area (Å²) < 4.78 is 0. The van der Waals surface area contributed by atoms with Crippen molar-refractivity contribution in [3.05, 3.63) is 0 Å². The lowest BCUT2D eigenvalue weighted by molar-refractivity contribution is 0.147. The van der Waals surface area contributed by atoms with Gasteiger partial charge in [0.25, 0.3) is 0 Å². The van der Waals surface area contributed by atoms with E-state index in [0.29, 0.717) is 0 Å². The molecular formula is C54H110O. The molecule has 0 amide bonds. The average molecular weight is 775 g/mol. The Labute approximate surface area is 351 Å². The summed E-state index contributed by atoms with van der Waals surface area (Å²) in [5, 5.41) is 10.4. The van der Waals surface area contributed by atoms with Crippen molar-refractivity contribution >= 4 is 0 Å². The van der Waals surface area contributed by atoms with E-state index in [1.54, 1.807) is 0 Å². The first kappa shape index (κ1) is 55.0. The van der Waals surface area contributed by atoms with Crippen LogP contribution < -0.4 is 0 Å². The number of hydrogen-bond acceptors (Lipinski definition) is 1. The van der Waals surface area contributed by atoms with Crippen molar-refractivity contribution in [1.29, 1.82) is 0 Å². The molecule has 0 saturated heterocycles. The summed E-state index contributed by atoms with van der Waals surface area (Å²) in [5.41, 5.74) is 0. The number of unbranched alkanes of at least 4 members (excludes halogenated alkanes) is 47. The lowest BCUT2D eigenvalue weighted by Gasteiger charge is -2.10. The molecule has 0 bridgehead atoms. The van der Waals surface area contributed by atoms with E-state index < -0.39 is 0 Å². The van der Waals surface area contributed by atoms with Gasteiger partial charge in [0, 0.05) is 0 Å². The molecule has 1 unspecified atom stereocenters. The number of hydrogen-bond donors (Lipinski definition) is 1. The third-order valence-electron chi connectivity index (χ3n) is 13.0. The van der Waals surface area contributed by atoms with E-state index in [4.69, 9.17) is 0 Å². The van der Waals surface area contributed by atoms with E-state index >= 15 is 0 Å². The molecule has 0 aliphatic heterocycles. The van der Waals surface area contributed by atoms with Crippen molar-refractivity contribution in [3.8, 4) is 0 Å².